The second kappa shape index (κ2) is 6.24. The van der Waals surface area contributed by atoms with E-state index in [-0.39, 0.29) is 22.7 Å². The van der Waals surface area contributed by atoms with Crippen molar-refractivity contribution in [1.82, 2.24) is 4.90 Å². The Bertz CT molecular complexity index is 774. The number of amides is 2. The molecule has 1 aliphatic heterocycles. The van der Waals surface area contributed by atoms with E-state index in [9.17, 15) is 14.0 Å². The van der Waals surface area contributed by atoms with Crippen molar-refractivity contribution in [2.75, 3.05) is 0 Å². The third-order valence-corrected chi connectivity index (χ3v) is 5.11. The third-order valence-electron chi connectivity index (χ3n) is 3.03. The topological polar surface area (TPSA) is 37.4 Å². The van der Waals surface area contributed by atoms with Crippen LogP contribution < -0.4 is 0 Å². The predicted octanol–water partition coefficient (Wildman–Crippen LogP) is 4.78. The molecule has 3 nitrogen and oxygen atoms in total. The molecule has 2 aromatic rings. The summed E-state index contributed by atoms with van der Waals surface area (Å²) in [5, 5.41) is 1.74. The minimum Gasteiger partial charge on any atom is -0.268 e. The summed E-state index contributed by atoms with van der Waals surface area (Å²) in [6.45, 7) is 0.0333. The maximum Gasteiger partial charge on any atom is 0.293 e. The molecule has 0 spiro atoms. The standard InChI is InChI=1S/C15H9ClFNO2S2/c16-12-6-10(17)4-3-9(12)8-18-14(19)13(22-15(18)20)7-11-2-1-5-21-11/h1-7H,8H2/b13-7-. The molecule has 0 saturated carbocycles. The normalized spacial score (nSPS) is 16.8. The molecular formula is C15H9ClFNO2S2. The van der Waals surface area contributed by atoms with Crippen LogP contribution in [-0.2, 0) is 11.3 Å². The van der Waals surface area contributed by atoms with Gasteiger partial charge < -0.3 is 0 Å². The molecule has 7 heteroatoms. The molecule has 1 aromatic heterocycles. The molecular weight excluding hydrogens is 345 g/mol. The lowest BCUT2D eigenvalue weighted by atomic mass is 10.2. The number of carbonyl (C=O) groups is 2. The van der Waals surface area contributed by atoms with Crippen LogP contribution in [-0.4, -0.2) is 16.0 Å². The highest BCUT2D eigenvalue weighted by atomic mass is 35.5. The molecule has 0 N–H and O–H groups in total. The molecule has 1 saturated heterocycles. The molecule has 112 valence electrons. The van der Waals surface area contributed by atoms with Crippen molar-refractivity contribution in [3.8, 4) is 0 Å². The SMILES string of the molecule is O=C1S/C(=C\c2cccs2)C(=O)N1Cc1ccc(F)cc1Cl. The molecule has 1 aliphatic rings. The van der Waals surface area contributed by atoms with Crippen LogP contribution >= 0.6 is 34.7 Å². The molecule has 2 heterocycles. The lowest BCUT2D eigenvalue weighted by Crippen LogP contribution is -2.27. The molecule has 0 aliphatic carbocycles. The second-order valence-electron chi connectivity index (χ2n) is 4.52. The maximum atomic E-state index is 13.0. The third kappa shape index (κ3) is 3.09. The van der Waals surface area contributed by atoms with Crippen molar-refractivity contribution in [3.05, 3.63) is 61.9 Å². The predicted molar refractivity (Wildman–Crippen MR) is 87.2 cm³/mol. The van der Waals surface area contributed by atoms with Gasteiger partial charge in [0.05, 0.1) is 11.4 Å². The quantitative estimate of drug-likeness (QED) is 0.745. The van der Waals surface area contributed by atoms with Crippen LogP contribution in [0.25, 0.3) is 6.08 Å². The Morgan fingerprint density at radius 3 is 2.77 bits per heavy atom. The van der Waals surface area contributed by atoms with E-state index < -0.39 is 5.82 Å². The summed E-state index contributed by atoms with van der Waals surface area (Å²) in [4.78, 5) is 26.8. The van der Waals surface area contributed by atoms with Crippen molar-refractivity contribution < 1.29 is 14.0 Å². The Hall–Kier alpha value is -1.63. The molecule has 1 fully saturated rings. The van der Waals surface area contributed by atoms with Crippen LogP contribution in [0.5, 0.6) is 0 Å². The summed E-state index contributed by atoms with van der Waals surface area (Å²) in [5.74, 6) is -0.815. The van der Waals surface area contributed by atoms with E-state index >= 15 is 0 Å². The van der Waals surface area contributed by atoms with Crippen molar-refractivity contribution in [3.63, 3.8) is 0 Å². The van der Waals surface area contributed by atoms with Crippen molar-refractivity contribution in [2.45, 2.75) is 6.54 Å². The van der Waals surface area contributed by atoms with Crippen molar-refractivity contribution in [2.24, 2.45) is 0 Å². The number of rotatable bonds is 3. The number of hydrogen-bond acceptors (Lipinski definition) is 4. The lowest BCUT2D eigenvalue weighted by Gasteiger charge is -2.13. The fourth-order valence-corrected chi connectivity index (χ4v) is 3.75. The van der Waals surface area contributed by atoms with E-state index in [0.717, 1.165) is 27.6 Å². The largest absolute Gasteiger partial charge is 0.293 e. The van der Waals surface area contributed by atoms with Gasteiger partial charge in [0.15, 0.2) is 0 Å². The van der Waals surface area contributed by atoms with Gasteiger partial charge in [-0.1, -0.05) is 23.7 Å². The Kier molecular flexibility index (Phi) is 4.33. The second-order valence-corrected chi connectivity index (χ2v) is 6.90. The molecule has 0 unspecified atom stereocenters. The Balaban J connectivity index is 1.83. The van der Waals surface area contributed by atoms with Crippen molar-refractivity contribution in [1.29, 1.82) is 0 Å². The minimum atomic E-state index is -0.458. The number of hydrogen-bond donors (Lipinski definition) is 0. The molecule has 22 heavy (non-hydrogen) atoms. The fourth-order valence-electron chi connectivity index (χ4n) is 1.96. The van der Waals surface area contributed by atoms with Gasteiger partial charge in [-0.15, -0.1) is 11.3 Å². The first-order chi connectivity index (χ1) is 10.5. The lowest BCUT2D eigenvalue weighted by molar-refractivity contribution is -0.123. The smallest absolute Gasteiger partial charge is 0.268 e. The zero-order valence-corrected chi connectivity index (χ0v) is 13.5. The molecule has 3 rings (SSSR count). The summed E-state index contributed by atoms with van der Waals surface area (Å²) in [6.07, 6.45) is 1.70. The first-order valence-corrected chi connectivity index (χ1v) is 8.35. The summed E-state index contributed by atoms with van der Waals surface area (Å²) < 4.78 is 13.0. The van der Waals surface area contributed by atoms with E-state index in [2.05, 4.69) is 0 Å². The van der Waals surface area contributed by atoms with Gasteiger partial charge in [0.2, 0.25) is 0 Å². The monoisotopic (exact) mass is 353 g/mol. The fraction of sp³-hybridized carbons (Fsp3) is 0.0667. The van der Waals surface area contributed by atoms with E-state index in [0.29, 0.717) is 10.5 Å². The molecule has 0 bridgehead atoms. The molecule has 1 aromatic carbocycles. The maximum absolute atomic E-state index is 13.0. The summed E-state index contributed by atoms with van der Waals surface area (Å²) in [7, 11) is 0. The van der Waals surface area contributed by atoms with Crippen LogP contribution in [0.3, 0.4) is 0 Å². The van der Waals surface area contributed by atoms with Crippen molar-refractivity contribution >= 4 is 51.9 Å². The minimum absolute atomic E-state index is 0.0333. The summed E-state index contributed by atoms with van der Waals surface area (Å²) in [6, 6.07) is 7.64. The van der Waals surface area contributed by atoms with Gasteiger partial charge in [-0.3, -0.25) is 14.5 Å². The van der Waals surface area contributed by atoms with Crippen LogP contribution in [0.4, 0.5) is 9.18 Å². The van der Waals surface area contributed by atoms with E-state index in [4.69, 9.17) is 11.6 Å². The van der Waals surface area contributed by atoms with Gasteiger partial charge in [-0.2, -0.15) is 0 Å². The van der Waals surface area contributed by atoms with Gasteiger partial charge in [-0.25, -0.2) is 4.39 Å². The zero-order valence-electron chi connectivity index (χ0n) is 11.1. The first kappa shape index (κ1) is 15.3. The van der Waals surface area contributed by atoms with E-state index in [1.807, 2.05) is 17.5 Å². The molecule has 2 amide bonds. The first-order valence-electron chi connectivity index (χ1n) is 6.27. The van der Waals surface area contributed by atoms with Gasteiger partial charge in [0.25, 0.3) is 11.1 Å². The number of thiophene rings is 1. The van der Waals surface area contributed by atoms with Gasteiger partial charge in [0, 0.05) is 9.90 Å². The van der Waals surface area contributed by atoms with Crippen LogP contribution in [0.15, 0.2) is 40.6 Å². The molecule has 0 radical (unpaired) electrons. The Morgan fingerprint density at radius 2 is 2.09 bits per heavy atom. The van der Waals surface area contributed by atoms with E-state index in [1.54, 1.807) is 6.08 Å². The highest BCUT2D eigenvalue weighted by molar-refractivity contribution is 8.18. The number of nitrogens with zero attached hydrogens (tertiary/aromatic N) is 1. The van der Waals surface area contributed by atoms with Gasteiger partial charge in [-0.05, 0) is 47.0 Å². The average Bonchev–Trinajstić information content (AvgIpc) is 3.06. The molecule has 0 atom stereocenters. The van der Waals surface area contributed by atoms with Crippen LogP contribution in [0.2, 0.25) is 5.02 Å². The average molecular weight is 354 g/mol. The van der Waals surface area contributed by atoms with Crippen LogP contribution in [0.1, 0.15) is 10.4 Å². The van der Waals surface area contributed by atoms with Crippen LogP contribution in [0, 0.1) is 5.82 Å². The summed E-state index contributed by atoms with van der Waals surface area (Å²) >= 11 is 8.33. The van der Waals surface area contributed by atoms with Gasteiger partial charge >= 0.3 is 0 Å². The Morgan fingerprint density at radius 1 is 1.27 bits per heavy atom. The highest BCUT2D eigenvalue weighted by Gasteiger charge is 2.35. The van der Waals surface area contributed by atoms with Gasteiger partial charge in [0.1, 0.15) is 5.82 Å². The zero-order chi connectivity index (χ0) is 15.7. The number of thioether (sulfide) groups is 1. The number of benzene rings is 1. The number of carbonyl (C=O) groups excluding carboxylic acids is 2. The summed E-state index contributed by atoms with van der Waals surface area (Å²) in [5.41, 5.74) is 0.530. The highest BCUT2D eigenvalue weighted by Crippen LogP contribution is 2.34. The van der Waals surface area contributed by atoms with E-state index in [1.165, 1.54) is 23.5 Å². The number of halogens is 2. The Labute approximate surface area is 139 Å². The number of imide groups is 1.